The Balaban J connectivity index is 3.13. The summed E-state index contributed by atoms with van der Waals surface area (Å²) < 4.78 is 53.9. The number of rotatable bonds is 3. The van der Waals surface area contributed by atoms with E-state index in [4.69, 9.17) is 5.26 Å². The van der Waals surface area contributed by atoms with Crippen molar-refractivity contribution in [2.75, 3.05) is 13.3 Å². The van der Waals surface area contributed by atoms with Gasteiger partial charge in [0.05, 0.1) is 17.2 Å². The Bertz CT molecular complexity index is 408. The smallest absolute Gasteiger partial charge is 0.420 e. The van der Waals surface area contributed by atoms with Crippen molar-refractivity contribution in [1.82, 2.24) is 0 Å². The molecule has 1 rings (SSSR count). The zero-order valence-electron chi connectivity index (χ0n) is 8.01. The molecule has 0 spiro atoms. The van der Waals surface area contributed by atoms with Crippen LogP contribution in [0, 0.1) is 11.3 Å². The van der Waals surface area contributed by atoms with E-state index in [0.717, 1.165) is 6.07 Å². The van der Waals surface area contributed by atoms with Gasteiger partial charge in [-0.15, -0.1) is 0 Å². The van der Waals surface area contributed by atoms with Gasteiger partial charge in [0.1, 0.15) is 19.0 Å². The summed E-state index contributed by atoms with van der Waals surface area (Å²) in [6.45, 7) is -1.33. The Morgan fingerprint density at radius 3 is 2.50 bits per heavy atom. The van der Waals surface area contributed by atoms with Gasteiger partial charge in [0.15, 0.2) is 0 Å². The highest BCUT2D eigenvalue weighted by Crippen LogP contribution is 2.36. The molecule has 0 aliphatic heterocycles. The Hall–Kier alpha value is -1.77. The summed E-state index contributed by atoms with van der Waals surface area (Å²) in [5.41, 5.74) is -1.19. The van der Waals surface area contributed by atoms with Crippen LogP contribution in [-0.2, 0) is 6.18 Å². The van der Waals surface area contributed by atoms with Gasteiger partial charge in [-0.25, -0.2) is 4.39 Å². The zero-order valence-corrected chi connectivity index (χ0v) is 8.01. The summed E-state index contributed by atoms with van der Waals surface area (Å²) in [6.07, 6.45) is -4.63. The summed E-state index contributed by atoms with van der Waals surface area (Å²) in [5.74, 6) is -0.468. The van der Waals surface area contributed by atoms with Crippen LogP contribution in [0.5, 0.6) is 5.75 Å². The summed E-state index contributed by atoms with van der Waals surface area (Å²) in [4.78, 5) is 0. The Kier molecular flexibility index (Phi) is 3.72. The van der Waals surface area contributed by atoms with Crippen molar-refractivity contribution in [2.45, 2.75) is 6.18 Å². The van der Waals surface area contributed by atoms with E-state index in [0.29, 0.717) is 6.07 Å². The minimum atomic E-state index is -4.63. The van der Waals surface area contributed by atoms with Gasteiger partial charge in [-0.1, -0.05) is 0 Å². The minimum absolute atomic E-state index is 0.125. The van der Waals surface area contributed by atoms with Crippen molar-refractivity contribution in [3.05, 3.63) is 29.3 Å². The van der Waals surface area contributed by atoms with Gasteiger partial charge in [-0.05, 0) is 18.2 Å². The number of benzene rings is 1. The first-order valence-electron chi connectivity index (χ1n) is 4.29. The van der Waals surface area contributed by atoms with Gasteiger partial charge < -0.3 is 4.74 Å². The number of alkyl halides is 4. The van der Waals surface area contributed by atoms with E-state index in [1.165, 1.54) is 6.07 Å². The average molecular weight is 233 g/mol. The predicted octanol–water partition coefficient (Wildman–Crippen LogP) is 2.93. The van der Waals surface area contributed by atoms with Crippen molar-refractivity contribution >= 4 is 0 Å². The third-order valence-electron chi connectivity index (χ3n) is 1.75. The van der Waals surface area contributed by atoms with E-state index in [2.05, 4.69) is 4.74 Å². The normalized spacial score (nSPS) is 10.9. The van der Waals surface area contributed by atoms with E-state index < -0.39 is 30.8 Å². The van der Waals surface area contributed by atoms with Crippen LogP contribution in [0.15, 0.2) is 18.2 Å². The first kappa shape index (κ1) is 12.3. The fourth-order valence-electron chi connectivity index (χ4n) is 1.10. The molecule has 0 aliphatic rings. The van der Waals surface area contributed by atoms with Gasteiger partial charge in [0, 0.05) is 0 Å². The predicted molar refractivity (Wildman–Crippen MR) is 47.6 cm³/mol. The minimum Gasteiger partial charge on any atom is -0.490 e. The molecule has 0 saturated carbocycles. The van der Waals surface area contributed by atoms with Crippen molar-refractivity contribution < 1.29 is 22.3 Å². The Morgan fingerprint density at radius 2 is 2.00 bits per heavy atom. The van der Waals surface area contributed by atoms with E-state index >= 15 is 0 Å². The molecule has 0 fully saturated rings. The van der Waals surface area contributed by atoms with Crippen LogP contribution in [-0.4, -0.2) is 13.3 Å². The topological polar surface area (TPSA) is 33.0 Å². The molecule has 0 bridgehead atoms. The van der Waals surface area contributed by atoms with Crippen molar-refractivity contribution in [3.8, 4) is 11.8 Å². The molecule has 16 heavy (non-hydrogen) atoms. The lowest BCUT2D eigenvalue weighted by molar-refractivity contribution is -0.139. The van der Waals surface area contributed by atoms with Crippen LogP contribution in [0.4, 0.5) is 17.6 Å². The van der Waals surface area contributed by atoms with Crippen molar-refractivity contribution in [1.29, 1.82) is 5.26 Å². The van der Waals surface area contributed by atoms with Crippen LogP contribution < -0.4 is 4.74 Å². The molecule has 0 radical (unpaired) electrons. The second-order valence-electron chi connectivity index (χ2n) is 2.86. The largest absolute Gasteiger partial charge is 0.490 e. The number of hydrogen-bond donors (Lipinski definition) is 0. The van der Waals surface area contributed by atoms with Crippen LogP contribution >= 0.6 is 0 Å². The second kappa shape index (κ2) is 4.84. The second-order valence-corrected chi connectivity index (χ2v) is 2.86. The summed E-state index contributed by atoms with van der Waals surface area (Å²) in [5, 5.41) is 8.48. The molecule has 2 nitrogen and oxygen atoms in total. The molecule has 0 aromatic heterocycles. The van der Waals surface area contributed by atoms with E-state index in [1.54, 1.807) is 6.07 Å². The maximum atomic E-state index is 12.5. The fraction of sp³-hybridized carbons (Fsp3) is 0.300. The number of ether oxygens (including phenoxy) is 1. The van der Waals surface area contributed by atoms with E-state index in [-0.39, 0.29) is 5.56 Å². The lowest BCUT2D eigenvalue weighted by Crippen LogP contribution is -2.10. The molecule has 6 heteroatoms. The monoisotopic (exact) mass is 233 g/mol. The Morgan fingerprint density at radius 1 is 1.31 bits per heavy atom. The van der Waals surface area contributed by atoms with Gasteiger partial charge in [0.2, 0.25) is 0 Å². The first-order chi connectivity index (χ1) is 7.49. The van der Waals surface area contributed by atoms with Crippen LogP contribution in [0.1, 0.15) is 11.1 Å². The summed E-state index contributed by atoms with van der Waals surface area (Å²) in [6, 6.07) is 4.46. The lowest BCUT2D eigenvalue weighted by atomic mass is 10.1. The molecule has 0 atom stereocenters. The molecule has 0 amide bonds. The molecule has 0 unspecified atom stereocenters. The summed E-state index contributed by atoms with van der Waals surface area (Å²) in [7, 11) is 0. The summed E-state index contributed by atoms with van der Waals surface area (Å²) >= 11 is 0. The number of halogens is 4. The van der Waals surface area contributed by atoms with Crippen LogP contribution in [0.2, 0.25) is 0 Å². The maximum absolute atomic E-state index is 12.5. The van der Waals surface area contributed by atoms with Crippen LogP contribution in [0.3, 0.4) is 0 Å². The van der Waals surface area contributed by atoms with E-state index in [1.807, 2.05) is 0 Å². The number of nitriles is 1. The molecular weight excluding hydrogens is 226 g/mol. The molecule has 0 aliphatic carbocycles. The van der Waals surface area contributed by atoms with Gasteiger partial charge in [-0.3, -0.25) is 0 Å². The lowest BCUT2D eigenvalue weighted by Gasteiger charge is -2.13. The molecule has 0 N–H and O–H groups in total. The highest BCUT2D eigenvalue weighted by Gasteiger charge is 2.34. The standard InChI is InChI=1S/C10H7F4NO/c11-3-4-16-9-2-1-7(6-15)5-8(9)10(12,13)14/h1-2,5H,3-4H2. The van der Waals surface area contributed by atoms with Crippen molar-refractivity contribution in [2.24, 2.45) is 0 Å². The quantitative estimate of drug-likeness (QED) is 0.752. The molecule has 0 saturated heterocycles. The molecule has 1 aromatic carbocycles. The highest BCUT2D eigenvalue weighted by atomic mass is 19.4. The molecule has 1 aromatic rings. The maximum Gasteiger partial charge on any atom is 0.420 e. The fourth-order valence-corrected chi connectivity index (χ4v) is 1.10. The molecular formula is C10H7F4NO. The Labute approximate surface area is 89.1 Å². The first-order valence-corrected chi connectivity index (χ1v) is 4.29. The highest BCUT2D eigenvalue weighted by molar-refractivity contribution is 5.43. The van der Waals surface area contributed by atoms with Crippen molar-refractivity contribution in [3.63, 3.8) is 0 Å². The van der Waals surface area contributed by atoms with Gasteiger partial charge in [-0.2, -0.15) is 18.4 Å². The van der Waals surface area contributed by atoms with E-state index in [9.17, 15) is 17.6 Å². The zero-order chi connectivity index (χ0) is 12.2. The van der Waals surface area contributed by atoms with Gasteiger partial charge >= 0.3 is 6.18 Å². The SMILES string of the molecule is N#Cc1ccc(OCCF)c(C(F)(F)F)c1. The number of nitrogens with zero attached hydrogens (tertiary/aromatic N) is 1. The third-order valence-corrected chi connectivity index (χ3v) is 1.75. The average Bonchev–Trinajstić information content (AvgIpc) is 2.25. The van der Waals surface area contributed by atoms with Crippen LogP contribution in [0.25, 0.3) is 0 Å². The molecule has 0 heterocycles. The number of hydrogen-bond acceptors (Lipinski definition) is 2. The molecule has 86 valence electrons. The third kappa shape index (κ3) is 2.86. The van der Waals surface area contributed by atoms with Gasteiger partial charge in [0.25, 0.3) is 0 Å².